The highest BCUT2D eigenvalue weighted by Gasteiger charge is 2.36. The van der Waals surface area contributed by atoms with E-state index < -0.39 is 0 Å². The fourth-order valence-electron chi connectivity index (χ4n) is 4.60. The first kappa shape index (κ1) is 19.4. The number of carbonyl (C=O) groups is 1. The lowest BCUT2D eigenvalue weighted by atomic mass is 9.94. The molecule has 0 unspecified atom stereocenters. The molecule has 3 heterocycles. The number of benzene rings is 1. The van der Waals surface area contributed by atoms with E-state index in [1.54, 1.807) is 7.11 Å². The van der Waals surface area contributed by atoms with Gasteiger partial charge in [-0.05, 0) is 31.4 Å². The average molecular weight is 386 g/mol. The number of amides is 1. The molecular weight excluding hydrogens is 354 g/mol. The lowest BCUT2D eigenvalue weighted by molar-refractivity contribution is -0.136. The minimum absolute atomic E-state index is 0.0773. The number of aromatic nitrogens is 2. The monoisotopic (exact) mass is 385 g/mol. The van der Waals surface area contributed by atoms with Crippen LogP contribution in [0.15, 0.2) is 24.3 Å². The first-order valence-corrected chi connectivity index (χ1v) is 10.4. The molecule has 28 heavy (non-hydrogen) atoms. The molecule has 7 nitrogen and oxygen atoms in total. The van der Waals surface area contributed by atoms with Crippen LogP contribution in [0, 0.1) is 5.92 Å². The van der Waals surface area contributed by atoms with E-state index in [-0.39, 0.29) is 23.8 Å². The normalized spacial score (nSPS) is 25.5. The molecule has 4 rings (SSSR count). The molecule has 0 spiro atoms. The summed E-state index contributed by atoms with van der Waals surface area (Å²) in [5, 5.41) is 3.24. The number of carbonyl (C=O) groups excluding carboxylic acids is 1. The number of nitrogens with zero attached hydrogens (tertiary/aromatic N) is 3. The van der Waals surface area contributed by atoms with Gasteiger partial charge in [-0.1, -0.05) is 12.1 Å². The Morgan fingerprint density at radius 3 is 3.00 bits per heavy atom. The molecule has 1 aromatic carbocycles. The topological polar surface area (TPSA) is 85.4 Å². The minimum Gasteiger partial charge on any atom is -0.385 e. The van der Waals surface area contributed by atoms with Crippen molar-refractivity contribution in [2.45, 2.75) is 37.8 Å². The van der Waals surface area contributed by atoms with Crippen LogP contribution in [0.1, 0.15) is 31.0 Å². The van der Waals surface area contributed by atoms with E-state index in [0.717, 1.165) is 63.4 Å². The summed E-state index contributed by atoms with van der Waals surface area (Å²) in [6, 6.07) is 8.22. The first-order valence-electron chi connectivity index (χ1n) is 10.4. The smallest absolute Gasteiger partial charge is 0.228 e. The van der Waals surface area contributed by atoms with E-state index in [1.807, 2.05) is 11.0 Å². The van der Waals surface area contributed by atoms with E-state index >= 15 is 0 Å². The summed E-state index contributed by atoms with van der Waals surface area (Å²) in [4.78, 5) is 20.0. The summed E-state index contributed by atoms with van der Waals surface area (Å²) in [6.07, 6.45) is 3.02. The number of likely N-dealkylation sites (tertiary alicyclic amines) is 1. The predicted octanol–water partition coefficient (Wildman–Crippen LogP) is 1.33. The molecule has 2 aromatic rings. The number of nitrogens with two attached hydrogens (primary N) is 1. The summed E-state index contributed by atoms with van der Waals surface area (Å²) in [7, 11) is 1.74. The zero-order chi connectivity index (χ0) is 19.5. The van der Waals surface area contributed by atoms with E-state index in [0.29, 0.717) is 6.54 Å². The van der Waals surface area contributed by atoms with Gasteiger partial charge in [0.2, 0.25) is 5.91 Å². The van der Waals surface area contributed by atoms with Gasteiger partial charge in [0.25, 0.3) is 0 Å². The molecule has 2 saturated heterocycles. The molecule has 2 aliphatic heterocycles. The van der Waals surface area contributed by atoms with Crippen molar-refractivity contribution in [3.05, 3.63) is 30.1 Å². The molecule has 3 N–H and O–H groups in total. The molecule has 3 atom stereocenters. The number of hydrogen-bond acceptors (Lipinski definition) is 5. The van der Waals surface area contributed by atoms with Gasteiger partial charge in [0.15, 0.2) is 0 Å². The van der Waals surface area contributed by atoms with Crippen molar-refractivity contribution < 1.29 is 9.53 Å². The Kier molecular flexibility index (Phi) is 5.94. The van der Waals surface area contributed by atoms with Gasteiger partial charge in [0, 0.05) is 58.4 Å². The SMILES string of the molecule is COCCCn1c([C@@H]2CCCN(C(=O)[C@@H]3CNC[C@H]3N)C2)nc2ccccc21. The second-order valence-corrected chi connectivity index (χ2v) is 8.01. The number of methoxy groups -OCH3 is 1. The fourth-order valence-corrected chi connectivity index (χ4v) is 4.60. The maximum atomic E-state index is 13.0. The van der Waals surface area contributed by atoms with E-state index in [4.69, 9.17) is 15.5 Å². The van der Waals surface area contributed by atoms with E-state index in [1.165, 1.54) is 5.52 Å². The van der Waals surface area contributed by atoms with Gasteiger partial charge in [-0.25, -0.2) is 4.98 Å². The molecule has 0 bridgehead atoms. The fraction of sp³-hybridized carbons (Fsp3) is 0.619. The zero-order valence-corrected chi connectivity index (χ0v) is 16.6. The molecule has 1 amide bonds. The zero-order valence-electron chi connectivity index (χ0n) is 16.6. The molecule has 0 saturated carbocycles. The standard InChI is InChI=1S/C21H31N5O2/c1-28-11-5-10-26-19-8-3-2-7-18(19)24-20(26)15-6-4-9-25(14-15)21(27)16-12-23-13-17(16)22/h2-3,7-8,15-17,23H,4-6,9-14,22H2,1H3/t15-,16-,17-/m1/s1. The van der Waals surface area contributed by atoms with Gasteiger partial charge in [0.1, 0.15) is 5.82 Å². The van der Waals surface area contributed by atoms with Crippen molar-refractivity contribution in [3.8, 4) is 0 Å². The van der Waals surface area contributed by atoms with Crippen molar-refractivity contribution in [2.75, 3.05) is 39.9 Å². The number of hydrogen-bond donors (Lipinski definition) is 2. The summed E-state index contributed by atoms with van der Waals surface area (Å²) in [6.45, 7) is 4.58. The number of fused-ring (bicyclic) bond motifs is 1. The van der Waals surface area contributed by atoms with Crippen LogP contribution in [-0.4, -0.2) is 66.3 Å². The van der Waals surface area contributed by atoms with Crippen LogP contribution in [0.2, 0.25) is 0 Å². The third kappa shape index (κ3) is 3.79. The van der Waals surface area contributed by atoms with Crippen molar-refractivity contribution >= 4 is 16.9 Å². The number of ether oxygens (including phenoxy) is 1. The van der Waals surface area contributed by atoms with Crippen molar-refractivity contribution in [1.82, 2.24) is 19.8 Å². The third-order valence-corrected chi connectivity index (χ3v) is 6.09. The van der Waals surface area contributed by atoms with Crippen LogP contribution in [0.25, 0.3) is 11.0 Å². The van der Waals surface area contributed by atoms with Gasteiger partial charge >= 0.3 is 0 Å². The van der Waals surface area contributed by atoms with Gasteiger partial charge in [-0.2, -0.15) is 0 Å². The quantitative estimate of drug-likeness (QED) is 0.733. The number of para-hydroxylation sites is 2. The Balaban J connectivity index is 1.56. The van der Waals surface area contributed by atoms with Gasteiger partial charge in [0.05, 0.1) is 17.0 Å². The van der Waals surface area contributed by atoms with E-state index in [2.05, 4.69) is 28.1 Å². The molecule has 1 aromatic heterocycles. The molecular formula is C21H31N5O2. The highest BCUT2D eigenvalue weighted by atomic mass is 16.5. The number of imidazole rings is 1. The number of aryl methyl sites for hydroxylation is 1. The van der Waals surface area contributed by atoms with Crippen molar-refractivity contribution in [3.63, 3.8) is 0 Å². The summed E-state index contributed by atoms with van der Waals surface area (Å²) < 4.78 is 7.58. The number of rotatable bonds is 6. The first-order chi connectivity index (χ1) is 13.7. The Labute approximate surface area is 166 Å². The molecule has 0 radical (unpaired) electrons. The molecule has 7 heteroatoms. The Morgan fingerprint density at radius 1 is 1.36 bits per heavy atom. The summed E-state index contributed by atoms with van der Waals surface area (Å²) in [5.41, 5.74) is 8.33. The van der Waals surface area contributed by atoms with Crippen molar-refractivity contribution in [1.29, 1.82) is 0 Å². The van der Waals surface area contributed by atoms with E-state index in [9.17, 15) is 4.79 Å². The minimum atomic E-state index is -0.0979. The second kappa shape index (κ2) is 8.59. The summed E-state index contributed by atoms with van der Waals surface area (Å²) in [5.74, 6) is 1.46. The number of piperidine rings is 1. The van der Waals surface area contributed by atoms with Gasteiger partial charge in [-0.15, -0.1) is 0 Å². The largest absolute Gasteiger partial charge is 0.385 e. The lowest BCUT2D eigenvalue weighted by Gasteiger charge is -2.34. The second-order valence-electron chi connectivity index (χ2n) is 8.01. The van der Waals surface area contributed by atoms with Gasteiger partial charge < -0.3 is 25.3 Å². The average Bonchev–Trinajstić information content (AvgIpc) is 3.31. The molecule has 2 fully saturated rings. The number of nitrogens with one attached hydrogen (secondary N) is 1. The Morgan fingerprint density at radius 2 is 2.21 bits per heavy atom. The Bertz CT molecular complexity index is 820. The summed E-state index contributed by atoms with van der Waals surface area (Å²) >= 11 is 0. The predicted molar refractivity (Wildman–Crippen MR) is 109 cm³/mol. The van der Waals surface area contributed by atoms with Crippen molar-refractivity contribution in [2.24, 2.45) is 11.7 Å². The van der Waals surface area contributed by atoms with Crippen LogP contribution >= 0.6 is 0 Å². The van der Waals surface area contributed by atoms with Crippen LogP contribution in [-0.2, 0) is 16.1 Å². The van der Waals surface area contributed by atoms with Crippen LogP contribution in [0.3, 0.4) is 0 Å². The van der Waals surface area contributed by atoms with Crippen LogP contribution in [0.4, 0.5) is 0 Å². The van der Waals surface area contributed by atoms with Crippen LogP contribution in [0.5, 0.6) is 0 Å². The van der Waals surface area contributed by atoms with Crippen LogP contribution < -0.4 is 11.1 Å². The highest BCUT2D eigenvalue weighted by Crippen LogP contribution is 2.30. The Hall–Kier alpha value is -1.96. The lowest BCUT2D eigenvalue weighted by Crippen LogP contribution is -2.47. The maximum Gasteiger partial charge on any atom is 0.228 e. The highest BCUT2D eigenvalue weighted by molar-refractivity contribution is 5.80. The third-order valence-electron chi connectivity index (χ3n) is 6.09. The maximum absolute atomic E-state index is 13.0. The van der Waals surface area contributed by atoms with Gasteiger partial charge in [-0.3, -0.25) is 4.79 Å². The molecule has 0 aliphatic carbocycles. The molecule has 152 valence electrons. The molecule has 2 aliphatic rings.